The molecule has 96 valence electrons. The van der Waals surface area contributed by atoms with Crippen LogP contribution in [-0.2, 0) is 4.79 Å². The van der Waals surface area contributed by atoms with Crippen molar-refractivity contribution < 1.29 is 4.79 Å². The molecule has 0 spiro atoms. The summed E-state index contributed by atoms with van der Waals surface area (Å²) in [5, 5.41) is 14.4. The first-order valence-electron chi connectivity index (χ1n) is 6.50. The van der Waals surface area contributed by atoms with E-state index in [4.69, 9.17) is 5.26 Å². The highest BCUT2D eigenvalue weighted by Gasteiger charge is 2.24. The predicted octanol–water partition coefficient (Wildman–Crippen LogP) is 1.43. The maximum absolute atomic E-state index is 11.4. The lowest BCUT2D eigenvalue weighted by atomic mass is 9.79. The van der Waals surface area contributed by atoms with E-state index in [0.717, 1.165) is 24.7 Å². The smallest absolute Gasteiger partial charge is 0.233 e. The highest BCUT2D eigenvalue weighted by atomic mass is 16.1. The Balaban J connectivity index is 2.14. The number of hydrogen-bond acceptors (Lipinski definition) is 3. The number of carbonyl (C=O) groups excluding carboxylic acids is 1. The molecule has 0 radical (unpaired) electrons. The van der Waals surface area contributed by atoms with Gasteiger partial charge in [0.15, 0.2) is 0 Å². The zero-order valence-corrected chi connectivity index (χ0v) is 10.8. The van der Waals surface area contributed by atoms with Crippen LogP contribution >= 0.6 is 0 Å². The van der Waals surface area contributed by atoms with Crippen LogP contribution in [0.5, 0.6) is 0 Å². The molecule has 17 heavy (non-hydrogen) atoms. The van der Waals surface area contributed by atoms with Crippen LogP contribution in [0, 0.1) is 23.2 Å². The Labute approximate surface area is 104 Å². The summed E-state index contributed by atoms with van der Waals surface area (Å²) in [4.78, 5) is 11.4. The van der Waals surface area contributed by atoms with Gasteiger partial charge in [-0.05, 0) is 31.1 Å². The third-order valence-corrected chi connectivity index (χ3v) is 3.71. The second-order valence-corrected chi connectivity index (χ2v) is 5.10. The Hall–Kier alpha value is -1.08. The van der Waals surface area contributed by atoms with Crippen LogP contribution in [0.3, 0.4) is 0 Å². The molecule has 0 bridgehead atoms. The molecule has 1 aliphatic rings. The topological polar surface area (TPSA) is 64.9 Å². The Morgan fingerprint density at radius 1 is 1.35 bits per heavy atom. The van der Waals surface area contributed by atoms with E-state index in [9.17, 15) is 4.79 Å². The molecule has 0 aromatic rings. The molecule has 0 aliphatic heterocycles. The van der Waals surface area contributed by atoms with Crippen molar-refractivity contribution in [3.63, 3.8) is 0 Å². The van der Waals surface area contributed by atoms with E-state index < -0.39 is 0 Å². The quantitative estimate of drug-likeness (QED) is 0.711. The number of carbonyl (C=O) groups is 1. The third kappa shape index (κ3) is 5.18. The average molecular weight is 237 g/mol. The molecule has 1 fully saturated rings. The minimum Gasteiger partial charge on any atom is -0.354 e. The van der Waals surface area contributed by atoms with E-state index in [1.54, 1.807) is 0 Å². The van der Waals surface area contributed by atoms with Crippen molar-refractivity contribution in [2.24, 2.45) is 11.8 Å². The fourth-order valence-electron chi connectivity index (χ4n) is 2.29. The minimum absolute atomic E-state index is 0.00785. The Morgan fingerprint density at radius 3 is 2.76 bits per heavy atom. The van der Waals surface area contributed by atoms with Gasteiger partial charge in [0.05, 0.1) is 19.0 Å². The lowest BCUT2D eigenvalue weighted by Gasteiger charge is -2.32. The zero-order valence-electron chi connectivity index (χ0n) is 10.8. The van der Waals surface area contributed by atoms with Gasteiger partial charge in [0.2, 0.25) is 5.91 Å². The molecule has 0 aromatic heterocycles. The lowest BCUT2D eigenvalue weighted by molar-refractivity contribution is -0.120. The number of nitrogens with one attached hydrogen (secondary N) is 2. The van der Waals surface area contributed by atoms with Gasteiger partial charge in [-0.1, -0.05) is 13.8 Å². The van der Waals surface area contributed by atoms with Gasteiger partial charge >= 0.3 is 0 Å². The molecule has 1 amide bonds. The normalized spacial score (nSPS) is 28.4. The van der Waals surface area contributed by atoms with E-state index in [0.29, 0.717) is 25.6 Å². The number of amides is 1. The second-order valence-electron chi connectivity index (χ2n) is 5.10. The van der Waals surface area contributed by atoms with Crippen molar-refractivity contribution >= 4 is 5.91 Å². The summed E-state index contributed by atoms with van der Waals surface area (Å²) in [6, 6.07) is 2.48. The molecule has 0 saturated heterocycles. The van der Waals surface area contributed by atoms with Gasteiger partial charge in [0.1, 0.15) is 0 Å². The molecular formula is C13H23N3O. The lowest BCUT2D eigenvalue weighted by Crippen LogP contribution is -2.42. The van der Waals surface area contributed by atoms with Crippen LogP contribution in [-0.4, -0.2) is 25.0 Å². The summed E-state index contributed by atoms with van der Waals surface area (Å²) in [6.45, 7) is 5.41. The molecule has 0 heterocycles. The summed E-state index contributed by atoms with van der Waals surface area (Å²) in [7, 11) is 0. The molecule has 1 saturated carbocycles. The van der Waals surface area contributed by atoms with Gasteiger partial charge in [-0.2, -0.15) is 5.26 Å². The average Bonchev–Trinajstić information content (AvgIpc) is 2.31. The molecule has 1 rings (SSSR count). The number of rotatable bonds is 5. The van der Waals surface area contributed by atoms with Crippen molar-refractivity contribution in [2.75, 3.05) is 13.1 Å². The SMILES string of the molecule is CC1CCC(NCC(=O)NCCC#N)CC1C. The van der Waals surface area contributed by atoms with Crippen LogP contribution < -0.4 is 10.6 Å². The standard InChI is InChI=1S/C13H23N3O/c1-10-4-5-12(8-11(10)2)16-9-13(17)15-7-3-6-14/h10-12,16H,3-5,7-9H2,1-2H3,(H,15,17). The van der Waals surface area contributed by atoms with Crippen molar-refractivity contribution in [1.82, 2.24) is 10.6 Å². The van der Waals surface area contributed by atoms with Gasteiger partial charge in [0, 0.05) is 12.6 Å². The van der Waals surface area contributed by atoms with Crippen LogP contribution in [0.15, 0.2) is 0 Å². The summed E-state index contributed by atoms with van der Waals surface area (Å²) in [5.74, 6) is 1.53. The van der Waals surface area contributed by atoms with Gasteiger partial charge in [-0.3, -0.25) is 4.79 Å². The van der Waals surface area contributed by atoms with Crippen molar-refractivity contribution in [3.05, 3.63) is 0 Å². The number of nitrogens with zero attached hydrogens (tertiary/aromatic N) is 1. The van der Waals surface area contributed by atoms with Gasteiger partial charge in [-0.15, -0.1) is 0 Å². The van der Waals surface area contributed by atoms with E-state index in [1.165, 1.54) is 6.42 Å². The van der Waals surface area contributed by atoms with Crippen LogP contribution in [0.1, 0.15) is 39.5 Å². The fraction of sp³-hybridized carbons (Fsp3) is 0.846. The van der Waals surface area contributed by atoms with Gasteiger partial charge in [0.25, 0.3) is 0 Å². The molecule has 3 atom stereocenters. The molecule has 4 heteroatoms. The third-order valence-electron chi connectivity index (χ3n) is 3.71. The monoisotopic (exact) mass is 237 g/mol. The summed E-state index contributed by atoms with van der Waals surface area (Å²) in [6.07, 6.45) is 3.95. The summed E-state index contributed by atoms with van der Waals surface area (Å²) in [5.41, 5.74) is 0. The van der Waals surface area contributed by atoms with Gasteiger partial charge < -0.3 is 10.6 Å². The maximum Gasteiger partial charge on any atom is 0.233 e. The fourth-order valence-corrected chi connectivity index (χ4v) is 2.29. The maximum atomic E-state index is 11.4. The number of nitriles is 1. The van der Waals surface area contributed by atoms with Crippen LogP contribution in [0.4, 0.5) is 0 Å². The molecule has 0 aromatic carbocycles. The van der Waals surface area contributed by atoms with Crippen molar-refractivity contribution in [3.8, 4) is 6.07 Å². The Morgan fingerprint density at radius 2 is 2.12 bits per heavy atom. The van der Waals surface area contributed by atoms with E-state index in [2.05, 4.69) is 24.5 Å². The van der Waals surface area contributed by atoms with Crippen LogP contribution in [0.2, 0.25) is 0 Å². The Bertz CT molecular complexity index is 285. The predicted molar refractivity (Wildman–Crippen MR) is 67.2 cm³/mol. The molecule has 1 aliphatic carbocycles. The second kappa shape index (κ2) is 7.29. The van der Waals surface area contributed by atoms with Crippen molar-refractivity contribution in [2.45, 2.75) is 45.6 Å². The molecule has 2 N–H and O–H groups in total. The zero-order chi connectivity index (χ0) is 12.7. The first-order valence-corrected chi connectivity index (χ1v) is 6.50. The van der Waals surface area contributed by atoms with Crippen molar-refractivity contribution in [1.29, 1.82) is 5.26 Å². The summed E-state index contributed by atoms with van der Waals surface area (Å²) >= 11 is 0. The molecule has 4 nitrogen and oxygen atoms in total. The highest BCUT2D eigenvalue weighted by Crippen LogP contribution is 2.29. The molecule has 3 unspecified atom stereocenters. The van der Waals surface area contributed by atoms with E-state index >= 15 is 0 Å². The largest absolute Gasteiger partial charge is 0.354 e. The number of hydrogen-bond donors (Lipinski definition) is 2. The minimum atomic E-state index is -0.00785. The van der Waals surface area contributed by atoms with Crippen LogP contribution in [0.25, 0.3) is 0 Å². The highest BCUT2D eigenvalue weighted by molar-refractivity contribution is 5.77. The summed E-state index contributed by atoms with van der Waals surface area (Å²) < 4.78 is 0. The van der Waals surface area contributed by atoms with E-state index in [1.807, 2.05) is 6.07 Å². The van der Waals surface area contributed by atoms with E-state index in [-0.39, 0.29) is 5.91 Å². The first-order chi connectivity index (χ1) is 8.13. The van der Waals surface area contributed by atoms with Gasteiger partial charge in [-0.25, -0.2) is 0 Å². The molecular weight excluding hydrogens is 214 g/mol. The Kier molecular flexibility index (Phi) is 5.99. The first kappa shape index (κ1) is 14.0.